The molecule has 24 heavy (non-hydrogen) atoms. The van der Waals surface area contributed by atoms with Gasteiger partial charge in [-0.05, 0) is 30.2 Å². The second kappa shape index (κ2) is 7.60. The summed E-state index contributed by atoms with van der Waals surface area (Å²) in [6.07, 6.45) is 0.232. The Kier molecular flexibility index (Phi) is 5.28. The van der Waals surface area contributed by atoms with E-state index >= 15 is 0 Å². The number of ether oxygens (including phenoxy) is 1. The van der Waals surface area contributed by atoms with Crippen molar-refractivity contribution in [1.29, 1.82) is 0 Å². The first kappa shape index (κ1) is 16.7. The second-order valence-corrected chi connectivity index (χ2v) is 6.28. The second-order valence-electron chi connectivity index (χ2n) is 6.28. The molecule has 4 nitrogen and oxygen atoms in total. The highest BCUT2D eigenvalue weighted by atomic mass is 16.5. The fourth-order valence-electron chi connectivity index (χ4n) is 3.17. The number of benzene rings is 2. The molecule has 2 aromatic carbocycles. The lowest BCUT2D eigenvalue weighted by Crippen LogP contribution is -2.43. The van der Waals surface area contributed by atoms with E-state index in [1.807, 2.05) is 30.3 Å². The van der Waals surface area contributed by atoms with Crippen LogP contribution in [0.3, 0.4) is 0 Å². The van der Waals surface area contributed by atoms with Crippen molar-refractivity contribution >= 4 is 5.91 Å². The summed E-state index contributed by atoms with van der Waals surface area (Å²) in [6.45, 7) is 4.57. The lowest BCUT2D eigenvalue weighted by molar-refractivity contribution is -0.0597. The molecule has 0 aliphatic carbocycles. The van der Waals surface area contributed by atoms with Gasteiger partial charge in [-0.3, -0.25) is 9.69 Å². The molecular weight excluding hydrogens is 300 g/mol. The molecule has 4 heteroatoms. The van der Waals surface area contributed by atoms with E-state index in [0.717, 1.165) is 13.1 Å². The standard InChI is InChI=1S/C20H24N2O2/c1-15-12-22(19(14-24-15)17-6-4-3-5-7-17)13-16-8-10-18(11-9-16)20(23)21-2/h3-11,15,19H,12-14H2,1-2H3,(H,21,23)/t15-,19+/m0/s1. The molecule has 1 aliphatic rings. The molecule has 0 saturated carbocycles. The monoisotopic (exact) mass is 324 g/mol. The number of hydrogen-bond donors (Lipinski definition) is 1. The van der Waals surface area contributed by atoms with Crippen LogP contribution in [-0.2, 0) is 11.3 Å². The summed E-state index contributed by atoms with van der Waals surface area (Å²) in [5.41, 5.74) is 3.18. The van der Waals surface area contributed by atoms with Crippen molar-refractivity contribution in [2.75, 3.05) is 20.2 Å². The van der Waals surface area contributed by atoms with Crippen molar-refractivity contribution in [2.24, 2.45) is 0 Å². The van der Waals surface area contributed by atoms with Crippen LogP contribution in [0.25, 0.3) is 0 Å². The largest absolute Gasteiger partial charge is 0.375 e. The topological polar surface area (TPSA) is 41.6 Å². The number of morpholine rings is 1. The van der Waals surface area contributed by atoms with Crippen LogP contribution in [0.2, 0.25) is 0 Å². The summed E-state index contributed by atoms with van der Waals surface area (Å²) in [5, 5.41) is 2.65. The zero-order valence-electron chi connectivity index (χ0n) is 14.2. The summed E-state index contributed by atoms with van der Waals surface area (Å²) in [5.74, 6) is -0.0521. The van der Waals surface area contributed by atoms with Crippen LogP contribution in [-0.4, -0.2) is 37.1 Å². The third-order valence-electron chi connectivity index (χ3n) is 4.48. The molecule has 1 heterocycles. The molecule has 1 fully saturated rings. The third kappa shape index (κ3) is 3.83. The van der Waals surface area contributed by atoms with Crippen LogP contribution in [0.5, 0.6) is 0 Å². The Balaban J connectivity index is 1.76. The van der Waals surface area contributed by atoms with Crippen LogP contribution < -0.4 is 5.32 Å². The van der Waals surface area contributed by atoms with Crippen molar-refractivity contribution < 1.29 is 9.53 Å². The van der Waals surface area contributed by atoms with Crippen LogP contribution >= 0.6 is 0 Å². The van der Waals surface area contributed by atoms with Gasteiger partial charge in [0, 0.05) is 25.7 Å². The molecule has 3 rings (SSSR count). The molecule has 0 bridgehead atoms. The minimum absolute atomic E-state index is 0.0521. The quantitative estimate of drug-likeness (QED) is 0.940. The maximum absolute atomic E-state index is 11.7. The Hall–Kier alpha value is -2.17. The number of nitrogens with zero attached hydrogens (tertiary/aromatic N) is 1. The van der Waals surface area contributed by atoms with Crippen LogP contribution in [0.4, 0.5) is 0 Å². The Morgan fingerprint density at radius 3 is 2.54 bits per heavy atom. The van der Waals surface area contributed by atoms with Gasteiger partial charge in [-0.2, -0.15) is 0 Å². The van der Waals surface area contributed by atoms with Crippen molar-refractivity contribution in [3.63, 3.8) is 0 Å². The molecular formula is C20H24N2O2. The summed E-state index contributed by atoms with van der Waals surface area (Å²) in [6, 6.07) is 18.6. The van der Waals surface area contributed by atoms with Gasteiger partial charge in [-0.15, -0.1) is 0 Å². The van der Waals surface area contributed by atoms with Gasteiger partial charge in [-0.25, -0.2) is 0 Å². The number of amides is 1. The average molecular weight is 324 g/mol. The van der Waals surface area contributed by atoms with Gasteiger partial charge in [0.15, 0.2) is 0 Å². The van der Waals surface area contributed by atoms with E-state index in [2.05, 4.69) is 41.4 Å². The molecule has 2 aromatic rings. The normalized spacial score (nSPS) is 21.4. The van der Waals surface area contributed by atoms with Gasteiger partial charge < -0.3 is 10.1 Å². The molecule has 0 radical (unpaired) electrons. The Morgan fingerprint density at radius 2 is 1.88 bits per heavy atom. The van der Waals surface area contributed by atoms with Crippen molar-refractivity contribution in [2.45, 2.75) is 25.6 Å². The number of carbonyl (C=O) groups excluding carboxylic acids is 1. The number of nitrogens with one attached hydrogen (secondary N) is 1. The molecule has 0 spiro atoms. The Morgan fingerprint density at radius 1 is 1.17 bits per heavy atom. The van der Waals surface area contributed by atoms with Crippen molar-refractivity contribution in [1.82, 2.24) is 10.2 Å². The molecule has 126 valence electrons. The molecule has 0 unspecified atom stereocenters. The minimum atomic E-state index is -0.0521. The van der Waals surface area contributed by atoms with Gasteiger partial charge in [0.25, 0.3) is 5.91 Å². The lowest BCUT2D eigenvalue weighted by Gasteiger charge is -2.39. The zero-order chi connectivity index (χ0) is 16.9. The minimum Gasteiger partial charge on any atom is -0.375 e. The number of rotatable bonds is 4. The first-order valence-electron chi connectivity index (χ1n) is 8.39. The van der Waals surface area contributed by atoms with Gasteiger partial charge in [0.1, 0.15) is 0 Å². The van der Waals surface area contributed by atoms with Crippen LogP contribution in [0.1, 0.15) is 34.5 Å². The van der Waals surface area contributed by atoms with Gasteiger partial charge >= 0.3 is 0 Å². The summed E-state index contributed by atoms with van der Waals surface area (Å²) in [7, 11) is 1.65. The summed E-state index contributed by atoms with van der Waals surface area (Å²) < 4.78 is 5.88. The molecule has 2 atom stereocenters. The predicted octanol–water partition coefficient (Wildman–Crippen LogP) is 3.01. The molecule has 1 amide bonds. The highest BCUT2D eigenvalue weighted by molar-refractivity contribution is 5.93. The fourth-order valence-corrected chi connectivity index (χ4v) is 3.17. The van der Waals surface area contributed by atoms with E-state index in [9.17, 15) is 4.79 Å². The Labute approximate surface area is 143 Å². The van der Waals surface area contributed by atoms with Crippen LogP contribution in [0, 0.1) is 0 Å². The predicted molar refractivity (Wildman–Crippen MR) is 94.8 cm³/mol. The van der Waals surface area contributed by atoms with E-state index < -0.39 is 0 Å². The highest BCUT2D eigenvalue weighted by Crippen LogP contribution is 2.27. The van der Waals surface area contributed by atoms with Crippen molar-refractivity contribution in [3.8, 4) is 0 Å². The molecule has 1 saturated heterocycles. The fraction of sp³-hybridized carbons (Fsp3) is 0.350. The molecule has 1 N–H and O–H groups in total. The van der Waals surface area contributed by atoms with E-state index in [0.29, 0.717) is 12.2 Å². The van der Waals surface area contributed by atoms with Crippen LogP contribution in [0.15, 0.2) is 54.6 Å². The average Bonchev–Trinajstić information content (AvgIpc) is 2.62. The van der Waals surface area contributed by atoms with E-state index in [4.69, 9.17) is 4.74 Å². The van der Waals surface area contributed by atoms with Gasteiger partial charge in [0.2, 0.25) is 0 Å². The molecule has 1 aliphatic heterocycles. The smallest absolute Gasteiger partial charge is 0.251 e. The van der Waals surface area contributed by atoms with E-state index in [-0.39, 0.29) is 18.1 Å². The zero-order valence-corrected chi connectivity index (χ0v) is 14.2. The van der Waals surface area contributed by atoms with E-state index in [1.165, 1.54) is 11.1 Å². The van der Waals surface area contributed by atoms with Gasteiger partial charge in [0.05, 0.1) is 18.8 Å². The third-order valence-corrected chi connectivity index (χ3v) is 4.48. The maximum Gasteiger partial charge on any atom is 0.251 e. The van der Waals surface area contributed by atoms with Crippen molar-refractivity contribution in [3.05, 3.63) is 71.3 Å². The first-order chi connectivity index (χ1) is 11.7. The first-order valence-corrected chi connectivity index (χ1v) is 8.39. The number of hydrogen-bond acceptors (Lipinski definition) is 3. The number of carbonyl (C=O) groups is 1. The lowest BCUT2D eigenvalue weighted by atomic mass is 10.0. The van der Waals surface area contributed by atoms with E-state index in [1.54, 1.807) is 7.05 Å². The highest BCUT2D eigenvalue weighted by Gasteiger charge is 2.27. The SMILES string of the molecule is CNC(=O)c1ccc(CN2C[C@H](C)OC[C@@H]2c2ccccc2)cc1. The molecule has 0 aromatic heterocycles. The summed E-state index contributed by atoms with van der Waals surface area (Å²) in [4.78, 5) is 14.1. The maximum atomic E-state index is 11.7. The summed E-state index contributed by atoms with van der Waals surface area (Å²) >= 11 is 0. The van der Waals surface area contributed by atoms with Gasteiger partial charge in [-0.1, -0.05) is 42.5 Å². The Bertz CT molecular complexity index is 670.